The summed E-state index contributed by atoms with van der Waals surface area (Å²) in [5, 5.41) is 10.1. The van der Waals surface area contributed by atoms with Crippen molar-refractivity contribution >= 4 is 33.0 Å². The second-order valence-corrected chi connectivity index (χ2v) is 7.65. The van der Waals surface area contributed by atoms with Gasteiger partial charge in [-0.15, -0.1) is 21.5 Å². The van der Waals surface area contributed by atoms with Gasteiger partial charge in [-0.2, -0.15) is 0 Å². The fourth-order valence-electron chi connectivity index (χ4n) is 3.65. The Balaban J connectivity index is 1.35. The lowest BCUT2D eigenvalue weighted by atomic mass is 10.2. The molecule has 0 radical (unpaired) electrons. The number of anilines is 1. The lowest BCUT2D eigenvalue weighted by molar-refractivity contribution is 0.215. The number of nitrogens with zero attached hydrogens (tertiary/aromatic N) is 7. The number of hydrogen-bond acceptors (Lipinski definition) is 8. The molecule has 1 unspecified atom stereocenters. The Morgan fingerprint density at radius 3 is 3.19 bits per heavy atom. The molecule has 10 heteroatoms. The quantitative estimate of drug-likeness (QED) is 0.567. The SMILES string of the molecule is CC1CN(Cc2nc3ccsc3c(=O)[nH]2)CCN1c1nccn2cnnc12. The molecule has 0 aromatic carbocycles. The van der Waals surface area contributed by atoms with Crippen molar-refractivity contribution in [2.24, 2.45) is 0 Å². The van der Waals surface area contributed by atoms with Gasteiger partial charge in [0.2, 0.25) is 5.65 Å². The number of aromatic nitrogens is 6. The Morgan fingerprint density at radius 2 is 2.30 bits per heavy atom. The average molecular weight is 382 g/mol. The lowest BCUT2D eigenvalue weighted by Crippen LogP contribution is -2.52. The van der Waals surface area contributed by atoms with Crippen LogP contribution in [0, 0.1) is 0 Å². The molecule has 1 saturated heterocycles. The molecule has 5 rings (SSSR count). The molecule has 1 N–H and O–H groups in total. The summed E-state index contributed by atoms with van der Waals surface area (Å²) in [4.78, 5) is 28.8. The monoisotopic (exact) mass is 382 g/mol. The van der Waals surface area contributed by atoms with Crippen LogP contribution in [0.3, 0.4) is 0 Å². The molecule has 1 aliphatic heterocycles. The van der Waals surface area contributed by atoms with E-state index in [-0.39, 0.29) is 11.6 Å². The van der Waals surface area contributed by atoms with Gasteiger partial charge in [0.05, 0.1) is 12.1 Å². The predicted octanol–water partition coefficient (Wildman–Crippen LogP) is 1.13. The third-order valence-electron chi connectivity index (χ3n) is 4.92. The van der Waals surface area contributed by atoms with Crippen molar-refractivity contribution < 1.29 is 0 Å². The third-order valence-corrected chi connectivity index (χ3v) is 5.82. The topological polar surface area (TPSA) is 95.3 Å². The molecule has 0 bridgehead atoms. The van der Waals surface area contributed by atoms with E-state index in [1.165, 1.54) is 11.3 Å². The van der Waals surface area contributed by atoms with Gasteiger partial charge in [0.15, 0.2) is 5.82 Å². The fourth-order valence-corrected chi connectivity index (χ4v) is 4.37. The van der Waals surface area contributed by atoms with E-state index >= 15 is 0 Å². The number of hydrogen-bond donors (Lipinski definition) is 1. The van der Waals surface area contributed by atoms with Crippen molar-refractivity contribution in [1.29, 1.82) is 0 Å². The van der Waals surface area contributed by atoms with Crippen LogP contribution in [0.1, 0.15) is 12.7 Å². The van der Waals surface area contributed by atoms with E-state index < -0.39 is 0 Å². The Hall–Kier alpha value is -2.85. The molecule has 27 heavy (non-hydrogen) atoms. The first kappa shape index (κ1) is 16.3. The normalized spacial score (nSPS) is 18.6. The van der Waals surface area contributed by atoms with Crippen LogP contribution in [0.4, 0.5) is 5.82 Å². The largest absolute Gasteiger partial charge is 0.348 e. The smallest absolute Gasteiger partial charge is 0.268 e. The van der Waals surface area contributed by atoms with E-state index in [2.05, 4.69) is 41.9 Å². The van der Waals surface area contributed by atoms with E-state index in [1.807, 2.05) is 22.0 Å². The van der Waals surface area contributed by atoms with Crippen LogP contribution >= 0.6 is 11.3 Å². The van der Waals surface area contributed by atoms with Crippen molar-refractivity contribution in [3.05, 3.63) is 46.3 Å². The van der Waals surface area contributed by atoms with Gasteiger partial charge in [-0.05, 0) is 18.4 Å². The molecule has 1 fully saturated rings. The van der Waals surface area contributed by atoms with Crippen LogP contribution in [0.2, 0.25) is 0 Å². The van der Waals surface area contributed by atoms with Crippen LogP contribution in [-0.4, -0.2) is 60.1 Å². The van der Waals surface area contributed by atoms with E-state index in [4.69, 9.17) is 0 Å². The highest BCUT2D eigenvalue weighted by molar-refractivity contribution is 7.17. The van der Waals surface area contributed by atoms with E-state index in [0.717, 1.165) is 36.6 Å². The number of rotatable bonds is 3. The second-order valence-electron chi connectivity index (χ2n) is 6.74. The Morgan fingerprint density at radius 1 is 1.37 bits per heavy atom. The number of H-pyrrole nitrogens is 1. The Bertz CT molecular complexity index is 1160. The summed E-state index contributed by atoms with van der Waals surface area (Å²) in [7, 11) is 0. The third kappa shape index (κ3) is 2.86. The van der Waals surface area contributed by atoms with Gasteiger partial charge >= 0.3 is 0 Å². The van der Waals surface area contributed by atoms with Crippen molar-refractivity contribution in [3.8, 4) is 0 Å². The van der Waals surface area contributed by atoms with Crippen molar-refractivity contribution in [2.75, 3.05) is 24.5 Å². The summed E-state index contributed by atoms with van der Waals surface area (Å²) in [6.45, 7) is 5.33. The van der Waals surface area contributed by atoms with Crippen LogP contribution in [0.25, 0.3) is 15.9 Å². The minimum Gasteiger partial charge on any atom is -0.348 e. The van der Waals surface area contributed by atoms with Crippen molar-refractivity contribution in [2.45, 2.75) is 19.5 Å². The van der Waals surface area contributed by atoms with Gasteiger partial charge in [-0.1, -0.05) is 0 Å². The molecule has 5 heterocycles. The molecule has 0 spiro atoms. The first-order chi connectivity index (χ1) is 13.2. The number of piperazine rings is 1. The highest BCUT2D eigenvalue weighted by Gasteiger charge is 2.27. The van der Waals surface area contributed by atoms with Crippen molar-refractivity contribution in [1.82, 2.24) is 34.4 Å². The number of fused-ring (bicyclic) bond motifs is 2. The van der Waals surface area contributed by atoms with Crippen LogP contribution in [0.5, 0.6) is 0 Å². The fraction of sp³-hybridized carbons (Fsp3) is 0.353. The van der Waals surface area contributed by atoms with E-state index in [1.54, 1.807) is 12.5 Å². The molecular formula is C17H18N8OS. The van der Waals surface area contributed by atoms with Gasteiger partial charge < -0.3 is 9.88 Å². The summed E-state index contributed by atoms with van der Waals surface area (Å²) in [5.74, 6) is 1.57. The summed E-state index contributed by atoms with van der Waals surface area (Å²) in [6, 6.07) is 2.15. The lowest BCUT2D eigenvalue weighted by Gasteiger charge is -2.40. The summed E-state index contributed by atoms with van der Waals surface area (Å²) in [6.07, 6.45) is 5.31. The number of nitrogens with one attached hydrogen (secondary N) is 1. The zero-order chi connectivity index (χ0) is 18.4. The molecular weight excluding hydrogens is 364 g/mol. The zero-order valence-corrected chi connectivity index (χ0v) is 15.6. The maximum atomic E-state index is 12.2. The first-order valence-electron chi connectivity index (χ1n) is 8.79. The minimum absolute atomic E-state index is 0.0561. The summed E-state index contributed by atoms with van der Waals surface area (Å²) in [5.41, 5.74) is 1.49. The first-order valence-corrected chi connectivity index (χ1v) is 9.67. The van der Waals surface area contributed by atoms with E-state index in [0.29, 0.717) is 17.1 Å². The van der Waals surface area contributed by atoms with Gasteiger partial charge in [0.1, 0.15) is 16.9 Å². The maximum Gasteiger partial charge on any atom is 0.268 e. The molecule has 4 aromatic rings. The maximum absolute atomic E-state index is 12.2. The zero-order valence-electron chi connectivity index (χ0n) is 14.7. The minimum atomic E-state index is -0.0561. The second kappa shape index (κ2) is 6.39. The molecule has 1 aliphatic rings. The molecule has 9 nitrogen and oxygen atoms in total. The molecule has 0 aliphatic carbocycles. The standard InChI is InChI=1S/C17H18N8OS/c1-11-8-23(9-13-20-12-2-7-27-14(12)17(26)21-13)5-6-25(11)15-16-22-19-10-24(16)4-3-18-15/h2-4,7,10-11H,5-6,8-9H2,1H3,(H,20,21,26). The average Bonchev–Trinajstić information content (AvgIpc) is 3.31. The van der Waals surface area contributed by atoms with Gasteiger partial charge in [-0.3, -0.25) is 14.1 Å². The molecule has 1 atom stereocenters. The van der Waals surface area contributed by atoms with E-state index in [9.17, 15) is 4.79 Å². The summed E-state index contributed by atoms with van der Waals surface area (Å²) >= 11 is 1.42. The Kier molecular flexibility index (Phi) is 3.87. The molecule has 138 valence electrons. The molecule has 0 amide bonds. The Labute approximate surface area is 158 Å². The van der Waals surface area contributed by atoms with Gasteiger partial charge in [-0.25, -0.2) is 9.97 Å². The number of thiophene rings is 1. The van der Waals surface area contributed by atoms with Crippen molar-refractivity contribution in [3.63, 3.8) is 0 Å². The van der Waals surface area contributed by atoms with Crippen LogP contribution in [-0.2, 0) is 6.54 Å². The van der Waals surface area contributed by atoms with Gasteiger partial charge in [0.25, 0.3) is 5.56 Å². The number of aromatic amines is 1. The van der Waals surface area contributed by atoms with Crippen LogP contribution < -0.4 is 10.5 Å². The highest BCUT2D eigenvalue weighted by Crippen LogP contribution is 2.22. The molecule has 4 aromatic heterocycles. The molecule has 0 saturated carbocycles. The summed E-state index contributed by atoms with van der Waals surface area (Å²) < 4.78 is 2.57. The van der Waals surface area contributed by atoms with Crippen LogP contribution in [0.15, 0.2) is 35.0 Å². The highest BCUT2D eigenvalue weighted by atomic mass is 32.1. The van der Waals surface area contributed by atoms with Gasteiger partial charge in [0, 0.05) is 38.1 Å². The predicted molar refractivity (Wildman–Crippen MR) is 103 cm³/mol.